The van der Waals surface area contributed by atoms with Crippen LogP contribution in [0, 0.1) is 0 Å². The van der Waals surface area contributed by atoms with Gasteiger partial charge in [0.15, 0.2) is 0 Å². The first-order valence-electron chi connectivity index (χ1n) is 3.47. The number of nitrogens with zero attached hydrogens (tertiary/aromatic N) is 3. The Hall–Kier alpha value is -1.12. The highest BCUT2D eigenvalue weighted by molar-refractivity contribution is 5.43. The first-order valence-corrected chi connectivity index (χ1v) is 3.47. The van der Waals surface area contributed by atoms with Crippen molar-refractivity contribution in [2.45, 2.75) is 6.42 Å². The third-order valence-electron chi connectivity index (χ3n) is 1.77. The Morgan fingerprint density at radius 2 is 1.90 bits per heavy atom. The summed E-state index contributed by atoms with van der Waals surface area (Å²) in [7, 11) is 0. The topological polar surface area (TPSA) is 29.0 Å². The second-order valence-electron chi connectivity index (χ2n) is 2.44. The Bertz CT molecular complexity index is 205. The maximum Gasteiger partial charge on any atom is 0.115 e. The van der Waals surface area contributed by atoms with E-state index in [1.54, 1.807) is 6.33 Å². The monoisotopic (exact) mass is 135 g/mol. The molecule has 10 heavy (non-hydrogen) atoms. The van der Waals surface area contributed by atoms with E-state index in [2.05, 4.69) is 14.9 Å². The van der Waals surface area contributed by atoms with Gasteiger partial charge in [0.1, 0.15) is 6.33 Å². The van der Waals surface area contributed by atoms with Crippen LogP contribution in [0.4, 0.5) is 5.69 Å². The molecule has 0 atom stereocenters. The lowest BCUT2D eigenvalue weighted by atomic mass is 10.2. The van der Waals surface area contributed by atoms with Crippen LogP contribution in [-0.4, -0.2) is 23.1 Å². The van der Waals surface area contributed by atoms with Crippen molar-refractivity contribution < 1.29 is 0 Å². The molecule has 0 aliphatic carbocycles. The average Bonchev–Trinajstić information content (AvgIpc) is 1.86. The molecule has 0 radical (unpaired) electrons. The van der Waals surface area contributed by atoms with Gasteiger partial charge in [0.2, 0.25) is 0 Å². The summed E-state index contributed by atoms with van der Waals surface area (Å²) in [5.74, 6) is 0. The molecule has 0 amide bonds. The first kappa shape index (κ1) is 5.65. The molecule has 1 aromatic heterocycles. The fourth-order valence-corrected chi connectivity index (χ4v) is 1.03. The van der Waals surface area contributed by atoms with E-state index in [-0.39, 0.29) is 0 Å². The van der Waals surface area contributed by atoms with Gasteiger partial charge in [-0.05, 0) is 6.42 Å². The quantitative estimate of drug-likeness (QED) is 0.567. The Kier molecular flexibility index (Phi) is 1.27. The van der Waals surface area contributed by atoms with Gasteiger partial charge in [-0.15, -0.1) is 0 Å². The zero-order valence-corrected chi connectivity index (χ0v) is 5.70. The fourth-order valence-electron chi connectivity index (χ4n) is 1.03. The van der Waals surface area contributed by atoms with E-state index in [4.69, 9.17) is 0 Å². The summed E-state index contributed by atoms with van der Waals surface area (Å²) in [6, 6.07) is 0. The lowest BCUT2D eigenvalue weighted by molar-refractivity contribution is 0.615. The molecule has 3 nitrogen and oxygen atoms in total. The van der Waals surface area contributed by atoms with Crippen molar-refractivity contribution in [2.24, 2.45) is 0 Å². The van der Waals surface area contributed by atoms with Gasteiger partial charge >= 0.3 is 0 Å². The zero-order chi connectivity index (χ0) is 6.81. The van der Waals surface area contributed by atoms with E-state index in [9.17, 15) is 0 Å². The molecular weight excluding hydrogens is 126 g/mol. The summed E-state index contributed by atoms with van der Waals surface area (Å²) in [6.45, 7) is 2.32. The summed E-state index contributed by atoms with van der Waals surface area (Å²) in [4.78, 5) is 10.1. The predicted octanol–water partition coefficient (Wildman–Crippen LogP) is 0.687. The molecule has 0 unspecified atom stereocenters. The van der Waals surface area contributed by atoms with Crippen molar-refractivity contribution in [1.29, 1.82) is 0 Å². The molecule has 0 aromatic carbocycles. The van der Waals surface area contributed by atoms with Crippen LogP contribution in [0.1, 0.15) is 6.42 Å². The normalized spacial score (nSPS) is 16.6. The minimum atomic E-state index is 1.15. The van der Waals surface area contributed by atoms with E-state index < -0.39 is 0 Å². The molecule has 2 heterocycles. The fraction of sp³-hybridized carbons (Fsp3) is 0.429. The van der Waals surface area contributed by atoms with E-state index in [0.29, 0.717) is 0 Å². The Labute approximate surface area is 59.7 Å². The van der Waals surface area contributed by atoms with Crippen molar-refractivity contribution in [1.82, 2.24) is 9.97 Å². The molecular formula is C7H9N3. The molecule has 0 N–H and O–H groups in total. The van der Waals surface area contributed by atoms with E-state index in [1.807, 2.05) is 12.4 Å². The van der Waals surface area contributed by atoms with Crippen molar-refractivity contribution in [3.05, 3.63) is 18.7 Å². The second-order valence-corrected chi connectivity index (χ2v) is 2.44. The highest BCUT2D eigenvalue weighted by Gasteiger charge is 2.13. The van der Waals surface area contributed by atoms with Gasteiger partial charge in [0.05, 0.1) is 18.1 Å². The Morgan fingerprint density at radius 1 is 1.20 bits per heavy atom. The number of anilines is 1. The average molecular weight is 135 g/mol. The lowest BCUT2D eigenvalue weighted by Crippen LogP contribution is -2.37. The van der Waals surface area contributed by atoms with Crippen LogP contribution >= 0.6 is 0 Å². The molecule has 0 bridgehead atoms. The smallest absolute Gasteiger partial charge is 0.115 e. The number of hydrogen-bond donors (Lipinski definition) is 0. The number of aromatic nitrogens is 2. The van der Waals surface area contributed by atoms with Crippen LogP contribution in [0.3, 0.4) is 0 Å². The third-order valence-corrected chi connectivity index (χ3v) is 1.77. The first-order chi connectivity index (χ1) is 4.97. The number of rotatable bonds is 1. The van der Waals surface area contributed by atoms with Crippen molar-refractivity contribution in [3.63, 3.8) is 0 Å². The molecule has 2 rings (SSSR count). The van der Waals surface area contributed by atoms with E-state index in [1.165, 1.54) is 6.42 Å². The summed E-state index contributed by atoms with van der Waals surface area (Å²) >= 11 is 0. The third kappa shape index (κ3) is 0.835. The highest BCUT2D eigenvalue weighted by atomic mass is 15.2. The summed E-state index contributed by atoms with van der Waals surface area (Å²) in [5.41, 5.74) is 1.15. The minimum Gasteiger partial charge on any atom is -0.369 e. The largest absolute Gasteiger partial charge is 0.369 e. The molecule has 1 aliphatic rings. The molecule has 1 aliphatic heterocycles. The second kappa shape index (κ2) is 2.25. The molecule has 0 saturated carbocycles. The van der Waals surface area contributed by atoms with Gasteiger partial charge in [-0.2, -0.15) is 0 Å². The Morgan fingerprint density at radius 3 is 2.40 bits per heavy atom. The zero-order valence-electron chi connectivity index (χ0n) is 5.70. The molecule has 3 heteroatoms. The van der Waals surface area contributed by atoms with Crippen LogP contribution < -0.4 is 4.90 Å². The molecule has 1 aromatic rings. The highest BCUT2D eigenvalue weighted by Crippen LogP contribution is 2.16. The summed E-state index contributed by atoms with van der Waals surface area (Å²) in [6.07, 6.45) is 6.57. The molecule has 0 spiro atoms. The SMILES string of the molecule is c1ncc(N2CCC2)cn1. The minimum absolute atomic E-state index is 1.15. The van der Waals surface area contributed by atoms with Gasteiger partial charge < -0.3 is 4.90 Å². The standard InChI is InChI=1S/C7H9N3/c1-2-10(3-1)7-4-8-6-9-5-7/h4-6H,1-3H2. The van der Waals surface area contributed by atoms with Crippen LogP contribution in [0.25, 0.3) is 0 Å². The van der Waals surface area contributed by atoms with Gasteiger partial charge in [0, 0.05) is 13.1 Å². The van der Waals surface area contributed by atoms with Crippen molar-refractivity contribution in [3.8, 4) is 0 Å². The molecule has 52 valence electrons. The van der Waals surface area contributed by atoms with Gasteiger partial charge in [-0.25, -0.2) is 9.97 Å². The Balaban J connectivity index is 2.18. The van der Waals surface area contributed by atoms with Gasteiger partial charge in [-0.1, -0.05) is 0 Å². The van der Waals surface area contributed by atoms with Crippen molar-refractivity contribution >= 4 is 5.69 Å². The predicted molar refractivity (Wildman–Crippen MR) is 38.9 cm³/mol. The van der Waals surface area contributed by atoms with Gasteiger partial charge in [0.25, 0.3) is 0 Å². The van der Waals surface area contributed by atoms with E-state index >= 15 is 0 Å². The lowest BCUT2D eigenvalue weighted by Gasteiger charge is -2.32. The van der Waals surface area contributed by atoms with Crippen LogP contribution in [-0.2, 0) is 0 Å². The van der Waals surface area contributed by atoms with Crippen molar-refractivity contribution in [2.75, 3.05) is 18.0 Å². The maximum absolute atomic E-state index is 3.93. The summed E-state index contributed by atoms with van der Waals surface area (Å²) in [5, 5.41) is 0. The molecule has 1 saturated heterocycles. The molecule has 1 fully saturated rings. The van der Waals surface area contributed by atoms with Crippen LogP contribution in [0.15, 0.2) is 18.7 Å². The van der Waals surface area contributed by atoms with Crippen LogP contribution in [0.2, 0.25) is 0 Å². The van der Waals surface area contributed by atoms with E-state index in [0.717, 1.165) is 18.8 Å². The van der Waals surface area contributed by atoms with Gasteiger partial charge in [-0.3, -0.25) is 0 Å². The number of hydrogen-bond acceptors (Lipinski definition) is 3. The summed E-state index contributed by atoms with van der Waals surface area (Å²) < 4.78 is 0. The maximum atomic E-state index is 3.93. The van der Waals surface area contributed by atoms with Crippen LogP contribution in [0.5, 0.6) is 0 Å².